The summed E-state index contributed by atoms with van der Waals surface area (Å²) in [6.45, 7) is 7.24. The molecular weight excluding hydrogens is 168 g/mol. The van der Waals surface area contributed by atoms with Crippen molar-refractivity contribution >= 4 is 6.09 Å². The van der Waals surface area contributed by atoms with E-state index in [1.54, 1.807) is 4.90 Å². The summed E-state index contributed by atoms with van der Waals surface area (Å²) in [4.78, 5) is 12.8. The highest BCUT2D eigenvalue weighted by atomic mass is 16.6. The Hall–Kier alpha value is -0.770. The van der Waals surface area contributed by atoms with Gasteiger partial charge in [-0.3, -0.25) is 0 Å². The zero-order chi connectivity index (χ0) is 9.68. The van der Waals surface area contributed by atoms with Crippen LogP contribution in [0.25, 0.3) is 0 Å². The Bertz CT molecular complexity index is 173. The van der Waals surface area contributed by atoms with Crippen molar-refractivity contribution in [3.8, 4) is 0 Å². The third kappa shape index (κ3) is 3.22. The second-order valence-corrected chi connectivity index (χ2v) is 3.42. The Kier molecular flexibility index (Phi) is 4.02. The molecule has 0 aliphatic carbocycles. The first-order chi connectivity index (χ1) is 6.24. The molecule has 1 aliphatic heterocycles. The maximum absolute atomic E-state index is 11.1. The molecule has 1 heterocycles. The van der Waals surface area contributed by atoms with E-state index in [1.807, 2.05) is 0 Å². The molecule has 0 radical (unpaired) electrons. The fourth-order valence-electron chi connectivity index (χ4n) is 1.38. The van der Waals surface area contributed by atoms with Crippen LogP contribution in [-0.2, 0) is 4.74 Å². The SMILES string of the molecule is CCCNC(C)CN1CCOC1=O. The Morgan fingerprint density at radius 3 is 3.00 bits per heavy atom. The van der Waals surface area contributed by atoms with Crippen LogP contribution in [0.15, 0.2) is 0 Å². The van der Waals surface area contributed by atoms with Gasteiger partial charge in [0.15, 0.2) is 0 Å². The second-order valence-electron chi connectivity index (χ2n) is 3.42. The average molecular weight is 186 g/mol. The lowest BCUT2D eigenvalue weighted by atomic mass is 10.3. The van der Waals surface area contributed by atoms with Crippen molar-refractivity contribution in [2.24, 2.45) is 0 Å². The number of nitrogens with one attached hydrogen (secondary N) is 1. The van der Waals surface area contributed by atoms with E-state index in [2.05, 4.69) is 19.2 Å². The molecule has 0 aromatic heterocycles. The molecule has 0 aromatic carbocycles. The largest absolute Gasteiger partial charge is 0.448 e. The average Bonchev–Trinajstić information content (AvgIpc) is 2.48. The second kappa shape index (κ2) is 5.07. The molecule has 4 nitrogen and oxygen atoms in total. The maximum atomic E-state index is 11.1. The molecule has 13 heavy (non-hydrogen) atoms. The summed E-state index contributed by atoms with van der Waals surface area (Å²) in [5.74, 6) is 0. The summed E-state index contributed by atoms with van der Waals surface area (Å²) < 4.78 is 4.83. The molecule has 1 rings (SSSR count). The zero-order valence-corrected chi connectivity index (χ0v) is 8.38. The predicted octanol–water partition coefficient (Wildman–Crippen LogP) is 0.827. The number of nitrogens with zero attached hydrogens (tertiary/aromatic N) is 1. The van der Waals surface area contributed by atoms with Crippen LogP contribution in [0.2, 0.25) is 0 Å². The van der Waals surface area contributed by atoms with Crippen molar-refractivity contribution in [3.63, 3.8) is 0 Å². The number of hydrogen-bond donors (Lipinski definition) is 1. The highest BCUT2D eigenvalue weighted by molar-refractivity contribution is 5.69. The smallest absolute Gasteiger partial charge is 0.409 e. The van der Waals surface area contributed by atoms with Crippen molar-refractivity contribution < 1.29 is 9.53 Å². The summed E-state index contributed by atoms with van der Waals surface area (Å²) in [5.41, 5.74) is 0. The maximum Gasteiger partial charge on any atom is 0.409 e. The fraction of sp³-hybridized carbons (Fsp3) is 0.889. The van der Waals surface area contributed by atoms with Gasteiger partial charge in [-0.2, -0.15) is 0 Å². The Labute approximate surface area is 79.2 Å². The lowest BCUT2D eigenvalue weighted by molar-refractivity contribution is 0.156. The van der Waals surface area contributed by atoms with Gasteiger partial charge in [0.2, 0.25) is 0 Å². The molecule has 1 unspecified atom stereocenters. The summed E-state index contributed by atoms with van der Waals surface area (Å²) in [6.07, 6.45) is 0.944. The number of ether oxygens (including phenoxy) is 1. The Morgan fingerprint density at radius 1 is 1.69 bits per heavy atom. The van der Waals surface area contributed by atoms with Crippen LogP contribution in [-0.4, -0.2) is 43.3 Å². The zero-order valence-electron chi connectivity index (χ0n) is 8.38. The minimum Gasteiger partial charge on any atom is -0.448 e. The summed E-state index contributed by atoms with van der Waals surface area (Å²) >= 11 is 0. The van der Waals surface area contributed by atoms with Gasteiger partial charge in [0.1, 0.15) is 6.61 Å². The van der Waals surface area contributed by atoms with E-state index in [0.29, 0.717) is 12.6 Å². The lowest BCUT2D eigenvalue weighted by Gasteiger charge is -2.19. The van der Waals surface area contributed by atoms with E-state index in [9.17, 15) is 4.79 Å². The van der Waals surface area contributed by atoms with Crippen LogP contribution < -0.4 is 5.32 Å². The number of carbonyl (C=O) groups excluding carboxylic acids is 1. The quantitative estimate of drug-likeness (QED) is 0.691. The first-order valence-electron chi connectivity index (χ1n) is 4.89. The molecule has 1 amide bonds. The monoisotopic (exact) mass is 186 g/mol. The summed E-state index contributed by atoms with van der Waals surface area (Å²) in [6, 6.07) is 0.352. The van der Waals surface area contributed by atoms with Crippen LogP contribution in [0.3, 0.4) is 0 Å². The predicted molar refractivity (Wildman–Crippen MR) is 50.7 cm³/mol. The molecule has 4 heteroatoms. The van der Waals surface area contributed by atoms with Gasteiger partial charge in [-0.25, -0.2) is 4.79 Å². The van der Waals surface area contributed by atoms with E-state index in [4.69, 9.17) is 4.74 Å². The molecular formula is C9H18N2O2. The molecule has 1 aliphatic rings. The third-order valence-corrected chi connectivity index (χ3v) is 2.08. The van der Waals surface area contributed by atoms with E-state index >= 15 is 0 Å². The molecule has 0 bridgehead atoms. The van der Waals surface area contributed by atoms with Crippen molar-refractivity contribution in [1.29, 1.82) is 0 Å². The van der Waals surface area contributed by atoms with Gasteiger partial charge in [-0.1, -0.05) is 6.92 Å². The van der Waals surface area contributed by atoms with Crippen LogP contribution in [0.4, 0.5) is 4.79 Å². The third-order valence-electron chi connectivity index (χ3n) is 2.08. The molecule has 1 saturated heterocycles. The number of rotatable bonds is 5. The van der Waals surface area contributed by atoms with E-state index in [-0.39, 0.29) is 6.09 Å². The van der Waals surface area contributed by atoms with Crippen molar-refractivity contribution in [1.82, 2.24) is 10.2 Å². The van der Waals surface area contributed by atoms with Crippen molar-refractivity contribution in [2.75, 3.05) is 26.2 Å². The minimum absolute atomic E-state index is 0.176. The van der Waals surface area contributed by atoms with Crippen LogP contribution in [0.5, 0.6) is 0 Å². The van der Waals surface area contributed by atoms with Crippen LogP contribution >= 0.6 is 0 Å². The topological polar surface area (TPSA) is 41.6 Å². The molecule has 0 aromatic rings. The number of cyclic esters (lactones) is 1. The first-order valence-corrected chi connectivity index (χ1v) is 4.89. The fourth-order valence-corrected chi connectivity index (χ4v) is 1.38. The van der Waals surface area contributed by atoms with Crippen molar-refractivity contribution in [2.45, 2.75) is 26.3 Å². The molecule has 0 saturated carbocycles. The van der Waals surface area contributed by atoms with Gasteiger partial charge in [-0.05, 0) is 19.9 Å². The lowest BCUT2D eigenvalue weighted by Crippen LogP contribution is -2.39. The van der Waals surface area contributed by atoms with E-state index in [1.165, 1.54) is 0 Å². The van der Waals surface area contributed by atoms with Gasteiger partial charge >= 0.3 is 6.09 Å². The number of hydrogen-bond acceptors (Lipinski definition) is 3. The highest BCUT2D eigenvalue weighted by Crippen LogP contribution is 2.03. The normalized spacial score (nSPS) is 18.9. The van der Waals surface area contributed by atoms with E-state index in [0.717, 1.165) is 26.1 Å². The molecule has 76 valence electrons. The van der Waals surface area contributed by atoms with Crippen LogP contribution in [0, 0.1) is 0 Å². The van der Waals surface area contributed by atoms with Gasteiger partial charge in [-0.15, -0.1) is 0 Å². The molecule has 1 atom stereocenters. The summed E-state index contributed by atoms with van der Waals surface area (Å²) in [7, 11) is 0. The standard InChI is InChI=1S/C9H18N2O2/c1-3-4-10-8(2)7-11-5-6-13-9(11)12/h8,10H,3-7H2,1-2H3. The van der Waals surface area contributed by atoms with Gasteiger partial charge < -0.3 is 15.0 Å². The number of carbonyl (C=O) groups is 1. The minimum atomic E-state index is -0.176. The van der Waals surface area contributed by atoms with Gasteiger partial charge in [0.25, 0.3) is 0 Å². The van der Waals surface area contributed by atoms with Gasteiger partial charge in [0.05, 0.1) is 6.54 Å². The Morgan fingerprint density at radius 2 is 2.46 bits per heavy atom. The van der Waals surface area contributed by atoms with Gasteiger partial charge in [0, 0.05) is 12.6 Å². The molecule has 0 spiro atoms. The number of amides is 1. The van der Waals surface area contributed by atoms with Crippen molar-refractivity contribution in [3.05, 3.63) is 0 Å². The summed E-state index contributed by atoms with van der Waals surface area (Å²) in [5, 5.41) is 3.33. The molecule has 1 N–H and O–H groups in total. The van der Waals surface area contributed by atoms with Crippen LogP contribution in [0.1, 0.15) is 20.3 Å². The highest BCUT2D eigenvalue weighted by Gasteiger charge is 2.22. The van der Waals surface area contributed by atoms with E-state index < -0.39 is 0 Å². The molecule has 1 fully saturated rings. The first kappa shape index (κ1) is 10.3. The Balaban J connectivity index is 2.19.